The molecule has 0 aliphatic carbocycles. The predicted octanol–water partition coefficient (Wildman–Crippen LogP) is 0.944. The standard InChI is InChI=1S/C10H12N2O2/c1-2-14-10(13)7-8(11)9-5-3-4-6-12-9/h3-7H,2,11H2,1H3/b8-7-. The second-order valence-electron chi connectivity index (χ2n) is 2.57. The van der Waals surface area contributed by atoms with Crippen LogP contribution in [-0.2, 0) is 9.53 Å². The van der Waals surface area contributed by atoms with E-state index in [1.807, 2.05) is 0 Å². The molecule has 0 amide bonds. The number of pyridine rings is 1. The monoisotopic (exact) mass is 192 g/mol. The molecular formula is C10H12N2O2. The molecule has 0 saturated carbocycles. The summed E-state index contributed by atoms with van der Waals surface area (Å²) in [6.07, 6.45) is 2.84. The van der Waals surface area contributed by atoms with E-state index in [1.165, 1.54) is 6.08 Å². The molecule has 0 unspecified atom stereocenters. The molecule has 0 aromatic carbocycles. The lowest BCUT2D eigenvalue weighted by molar-refractivity contribution is -0.137. The molecule has 1 heterocycles. The van der Waals surface area contributed by atoms with Gasteiger partial charge in [0, 0.05) is 12.3 Å². The zero-order valence-electron chi connectivity index (χ0n) is 7.93. The Labute approximate surface area is 82.4 Å². The van der Waals surface area contributed by atoms with Gasteiger partial charge in [0.15, 0.2) is 0 Å². The molecule has 14 heavy (non-hydrogen) atoms. The van der Waals surface area contributed by atoms with Crippen LogP contribution in [0.4, 0.5) is 0 Å². The van der Waals surface area contributed by atoms with Gasteiger partial charge in [0.1, 0.15) is 0 Å². The van der Waals surface area contributed by atoms with Gasteiger partial charge in [-0.1, -0.05) is 6.07 Å². The fraction of sp³-hybridized carbons (Fsp3) is 0.200. The van der Waals surface area contributed by atoms with Crippen molar-refractivity contribution in [3.8, 4) is 0 Å². The van der Waals surface area contributed by atoms with E-state index < -0.39 is 5.97 Å². The van der Waals surface area contributed by atoms with Gasteiger partial charge in [-0.05, 0) is 19.1 Å². The topological polar surface area (TPSA) is 65.2 Å². The molecule has 1 aromatic rings. The third-order valence-electron chi connectivity index (χ3n) is 1.52. The largest absolute Gasteiger partial charge is 0.463 e. The van der Waals surface area contributed by atoms with E-state index in [-0.39, 0.29) is 0 Å². The van der Waals surface area contributed by atoms with Gasteiger partial charge in [0.05, 0.1) is 18.0 Å². The van der Waals surface area contributed by atoms with Crippen LogP contribution in [0.5, 0.6) is 0 Å². The molecule has 74 valence electrons. The fourth-order valence-corrected chi connectivity index (χ4v) is 0.918. The molecule has 0 aliphatic heterocycles. The quantitative estimate of drug-likeness (QED) is 0.572. The van der Waals surface area contributed by atoms with Gasteiger partial charge >= 0.3 is 5.97 Å². The molecule has 0 fully saturated rings. The summed E-state index contributed by atoms with van der Waals surface area (Å²) in [6, 6.07) is 5.31. The van der Waals surface area contributed by atoms with Crippen LogP contribution >= 0.6 is 0 Å². The molecule has 2 N–H and O–H groups in total. The van der Waals surface area contributed by atoms with Crippen LogP contribution < -0.4 is 5.73 Å². The maximum absolute atomic E-state index is 11.0. The maximum atomic E-state index is 11.0. The lowest BCUT2D eigenvalue weighted by Gasteiger charge is -2.00. The van der Waals surface area contributed by atoms with Gasteiger partial charge in [0.2, 0.25) is 0 Å². The Morgan fingerprint density at radius 2 is 2.43 bits per heavy atom. The van der Waals surface area contributed by atoms with E-state index >= 15 is 0 Å². The number of nitrogens with zero attached hydrogens (tertiary/aromatic N) is 1. The number of ether oxygens (including phenoxy) is 1. The molecule has 0 atom stereocenters. The lowest BCUT2D eigenvalue weighted by atomic mass is 10.3. The number of rotatable bonds is 3. The van der Waals surface area contributed by atoms with Crippen LogP contribution in [0.25, 0.3) is 5.70 Å². The molecule has 0 spiro atoms. The number of carbonyl (C=O) groups is 1. The van der Waals surface area contributed by atoms with E-state index in [4.69, 9.17) is 10.5 Å². The summed E-state index contributed by atoms with van der Waals surface area (Å²) in [6.45, 7) is 2.08. The Kier molecular flexibility index (Phi) is 3.67. The highest BCUT2D eigenvalue weighted by molar-refractivity contribution is 5.89. The minimum absolute atomic E-state index is 0.309. The Bertz CT molecular complexity index is 333. The van der Waals surface area contributed by atoms with E-state index in [2.05, 4.69) is 4.98 Å². The highest BCUT2D eigenvalue weighted by Gasteiger charge is 2.01. The minimum Gasteiger partial charge on any atom is -0.463 e. The molecule has 0 saturated heterocycles. The van der Waals surface area contributed by atoms with Crippen molar-refractivity contribution in [1.29, 1.82) is 0 Å². The number of esters is 1. The highest BCUT2D eigenvalue weighted by Crippen LogP contribution is 2.03. The average Bonchev–Trinajstić information content (AvgIpc) is 2.19. The van der Waals surface area contributed by atoms with E-state index in [0.29, 0.717) is 18.0 Å². The van der Waals surface area contributed by atoms with Crippen LogP contribution in [0.2, 0.25) is 0 Å². The SMILES string of the molecule is CCOC(=O)/C=C(\N)c1ccccn1. The fourth-order valence-electron chi connectivity index (χ4n) is 0.918. The first-order valence-corrected chi connectivity index (χ1v) is 4.29. The van der Waals surface area contributed by atoms with E-state index in [1.54, 1.807) is 31.3 Å². The summed E-state index contributed by atoms with van der Waals surface area (Å²) >= 11 is 0. The molecule has 0 radical (unpaired) electrons. The highest BCUT2D eigenvalue weighted by atomic mass is 16.5. The average molecular weight is 192 g/mol. The van der Waals surface area contributed by atoms with E-state index in [9.17, 15) is 4.79 Å². The van der Waals surface area contributed by atoms with Gasteiger partial charge in [-0.2, -0.15) is 0 Å². The van der Waals surface area contributed by atoms with Gasteiger partial charge in [-0.25, -0.2) is 4.79 Å². The molecule has 1 rings (SSSR count). The van der Waals surface area contributed by atoms with Gasteiger partial charge in [0.25, 0.3) is 0 Å². The van der Waals surface area contributed by atoms with Gasteiger partial charge in [-0.3, -0.25) is 4.98 Å². The summed E-state index contributed by atoms with van der Waals surface area (Å²) < 4.78 is 4.71. The Balaban J connectivity index is 2.75. The number of nitrogens with two attached hydrogens (primary N) is 1. The Hall–Kier alpha value is -1.84. The van der Waals surface area contributed by atoms with Crippen molar-refractivity contribution >= 4 is 11.7 Å². The second kappa shape index (κ2) is 5.01. The van der Waals surface area contributed by atoms with Crippen LogP contribution in [0.15, 0.2) is 30.5 Å². The van der Waals surface area contributed by atoms with Crippen molar-refractivity contribution in [3.05, 3.63) is 36.2 Å². The van der Waals surface area contributed by atoms with Crippen molar-refractivity contribution in [2.24, 2.45) is 5.73 Å². The van der Waals surface area contributed by atoms with Gasteiger partial charge < -0.3 is 10.5 Å². The Morgan fingerprint density at radius 3 is 3.00 bits per heavy atom. The third kappa shape index (κ3) is 2.90. The molecule has 0 aliphatic rings. The summed E-state index contributed by atoms with van der Waals surface area (Å²) in [5.74, 6) is -0.448. The van der Waals surface area contributed by atoms with Crippen molar-refractivity contribution in [1.82, 2.24) is 4.98 Å². The number of hydrogen-bond donors (Lipinski definition) is 1. The first-order chi connectivity index (χ1) is 6.74. The zero-order valence-corrected chi connectivity index (χ0v) is 7.93. The third-order valence-corrected chi connectivity index (χ3v) is 1.52. The predicted molar refractivity (Wildman–Crippen MR) is 53.0 cm³/mol. The molecule has 4 nitrogen and oxygen atoms in total. The summed E-state index contributed by atoms with van der Waals surface area (Å²) in [5, 5.41) is 0. The zero-order chi connectivity index (χ0) is 10.4. The normalized spacial score (nSPS) is 11.1. The first kappa shape index (κ1) is 10.2. The van der Waals surface area contributed by atoms with Crippen LogP contribution in [0.3, 0.4) is 0 Å². The number of hydrogen-bond acceptors (Lipinski definition) is 4. The number of aromatic nitrogens is 1. The van der Waals surface area contributed by atoms with E-state index in [0.717, 1.165) is 0 Å². The lowest BCUT2D eigenvalue weighted by Crippen LogP contribution is -2.05. The van der Waals surface area contributed by atoms with Crippen LogP contribution in [-0.4, -0.2) is 17.6 Å². The maximum Gasteiger partial charge on any atom is 0.332 e. The summed E-state index contributed by atoms with van der Waals surface area (Å²) in [4.78, 5) is 15.0. The Morgan fingerprint density at radius 1 is 1.64 bits per heavy atom. The van der Waals surface area contributed by atoms with Crippen LogP contribution in [0.1, 0.15) is 12.6 Å². The summed E-state index contributed by atoms with van der Waals surface area (Å²) in [7, 11) is 0. The molecule has 4 heteroatoms. The van der Waals surface area contributed by atoms with Gasteiger partial charge in [-0.15, -0.1) is 0 Å². The first-order valence-electron chi connectivity index (χ1n) is 4.29. The minimum atomic E-state index is -0.448. The van der Waals surface area contributed by atoms with Crippen molar-refractivity contribution in [2.75, 3.05) is 6.61 Å². The smallest absolute Gasteiger partial charge is 0.332 e. The molecule has 1 aromatic heterocycles. The number of carbonyl (C=O) groups excluding carboxylic acids is 1. The molecule has 0 bridgehead atoms. The summed E-state index contributed by atoms with van der Waals surface area (Å²) in [5.41, 5.74) is 6.50. The van der Waals surface area contributed by atoms with Crippen molar-refractivity contribution in [3.63, 3.8) is 0 Å². The van der Waals surface area contributed by atoms with Crippen molar-refractivity contribution < 1.29 is 9.53 Å². The van der Waals surface area contributed by atoms with Crippen molar-refractivity contribution in [2.45, 2.75) is 6.92 Å². The second-order valence-corrected chi connectivity index (χ2v) is 2.57. The molecular weight excluding hydrogens is 180 g/mol. The van der Waals surface area contributed by atoms with Crippen LogP contribution in [0, 0.1) is 0 Å².